The van der Waals surface area contributed by atoms with Crippen molar-refractivity contribution in [1.82, 2.24) is 4.57 Å². The van der Waals surface area contributed by atoms with E-state index in [0.717, 1.165) is 11.3 Å². The number of nitrogens with one attached hydrogen (secondary N) is 1. The maximum Gasteiger partial charge on any atom is 0.338 e. The highest BCUT2D eigenvalue weighted by molar-refractivity contribution is 8.00. The van der Waals surface area contributed by atoms with Gasteiger partial charge in [0.2, 0.25) is 17.7 Å². The number of amides is 3. The van der Waals surface area contributed by atoms with E-state index in [1.807, 2.05) is 19.9 Å². The van der Waals surface area contributed by atoms with E-state index in [-0.39, 0.29) is 29.8 Å². The van der Waals surface area contributed by atoms with Gasteiger partial charge in [-0.2, -0.15) is 0 Å². The van der Waals surface area contributed by atoms with E-state index >= 15 is 0 Å². The number of carbonyl (C=O) groups is 4. The van der Waals surface area contributed by atoms with Gasteiger partial charge in [0, 0.05) is 16.0 Å². The number of thiazole rings is 1. The average molecular weight is 552 g/mol. The minimum absolute atomic E-state index is 0.255. The van der Waals surface area contributed by atoms with Crippen LogP contribution in [0, 0.1) is 5.92 Å². The molecule has 0 aliphatic carbocycles. The zero-order valence-corrected chi connectivity index (χ0v) is 22.6. The molecule has 11 heteroatoms. The number of benzene rings is 2. The number of para-hydroxylation sites is 1. The zero-order valence-electron chi connectivity index (χ0n) is 20.9. The van der Waals surface area contributed by atoms with Crippen LogP contribution in [0.2, 0.25) is 0 Å². The van der Waals surface area contributed by atoms with E-state index in [4.69, 9.17) is 4.74 Å². The Balaban J connectivity index is 1.39. The first-order valence-electron chi connectivity index (χ1n) is 12.0. The minimum Gasteiger partial charge on any atom is -0.462 e. The van der Waals surface area contributed by atoms with Crippen LogP contribution in [-0.4, -0.2) is 40.1 Å². The average Bonchev–Trinajstić information content (AvgIpc) is 3.34. The molecule has 2 aliphatic heterocycles. The van der Waals surface area contributed by atoms with Crippen molar-refractivity contribution in [2.75, 3.05) is 16.8 Å². The van der Waals surface area contributed by atoms with Crippen molar-refractivity contribution in [2.45, 2.75) is 43.0 Å². The molecule has 0 saturated carbocycles. The second-order valence-electron chi connectivity index (χ2n) is 9.52. The Hall–Kier alpha value is -3.70. The first-order valence-corrected chi connectivity index (χ1v) is 13.7. The van der Waals surface area contributed by atoms with Crippen molar-refractivity contribution in [3.63, 3.8) is 0 Å². The summed E-state index contributed by atoms with van der Waals surface area (Å²) in [5.41, 5.74) is 0.558. The summed E-state index contributed by atoms with van der Waals surface area (Å²) in [4.78, 5) is 66.2. The quantitative estimate of drug-likeness (QED) is 0.367. The number of rotatable bonds is 6. The Morgan fingerprint density at radius 1 is 1.00 bits per heavy atom. The number of ether oxygens (including phenoxy) is 1. The number of thioether (sulfide) groups is 1. The molecule has 1 aromatic heterocycles. The van der Waals surface area contributed by atoms with Crippen LogP contribution in [0.4, 0.5) is 11.4 Å². The number of hydrogen-bond donors (Lipinski definition) is 1. The number of fused-ring (bicyclic) bond motifs is 2. The largest absolute Gasteiger partial charge is 0.462 e. The highest BCUT2D eigenvalue weighted by Gasteiger charge is 2.59. The smallest absolute Gasteiger partial charge is 0.338 e. The standard InChI is InChI=1S/C27H25N3O6S2/c1-4-36-25(34)15-10-12-16(13-11-15)28-18(31)14-29-24-21(38-26(29)35)27(2,3)19-20(37-24)23(33)30(22(19)32)17-8-6-5-7-9-17/h5-13,19-20H,4,14H2,1-3H3,(H,28,31). The Bertz CT molecular complexity index is 1490. The van der Waals surface area contributed by atoms with E-state index in [1.165, 1.54) is 21.2 Å². The van der Waals surface area contributed by atoms with Crippen LogP contribution in [0.25, 0.3) is 0 Å². The molecular formula is C27H25N3O6S2. The van der Waals surface area contributed by atoms with Crippen LogP contribution in [0.3, 0.4) is 0 Å². The van der Waals surface area contributed by atoms with E-state index in [9.17, 15) is 24.0 Å². The number of anilines is 2. The molecule has 2 aliphatic rings. The molecule has 196 valence electrons. The molecule has 2 atom stereocenters. The molecule has 0 bridgehead atoms. The third-order valence-corrected chi connectivity index (χ3v) is 9.52. The fraction of sp³-hybridized carbons (Fsp3) is 0.296. The Kier molecular flexibility index (Phi) is 6.74. The predicted octanol–water partition coefficient (Wildman–Crippen LogP) is 3.67. The molecule has 5 rings (SSSR count). The zero-order chi connectivity index (χ0) is 27.2. The first-order chi connectivity index (χ1) is 18.1. The van der Waals surface area contributed by atoms with E-state index in [1.54, 1.807) is 55.5 Å². The molecule has 3 amide bonds. The van der Waals surface area contributed by atoms with Crippen molar-refractivity contribution in [3.8, 4) is 0 Å². The molecule has 0 radical (unpaired) electrons. The second-order valence-corrected chi connectivity index (χ2v) is 11.6. The summed E-state index contributed by atoms with van der Waals surface area (Å²) in [6, 6.07) is 15.1. The highest BCUT2D eigenvalue weighted by Crippen LogP contribution is 2.54. The molecule has 9 nitrogen and oxygen atoms in total. The van der Waals surface area contributed by atoms with Crippen molar-refractivity contribution < 1.29 is 23.9 Å². The van der Waals surface area contributed by atoms with Gasteiger partial charge < -0.3 is 10.1 Å². The van der Waals surface area contributed by atoms with Crippen LogP contribution in [0.15, 0.2) is 64.4 Å². The third kappa shape index (κ3) is 4.35. The van der Waals surface area contributed by atoms with Crippen molar-refractivity contribution >= 4 is 58.2 Å². The first kappa shape index (κ1) is 25.9. The number of aromatic nitrogens is 1. The van der Waals surface area contributed by atoms with Gasteiger partial charge in [-0.15, -0.1) is 0 Å². The molecule has 1 saturated heterocycles. The van der Waals surface area contributed by atoms with E-state index in [2.05, 4.69) is 5.32 Å². The van der Waals surface area contributed by atoms with Gasteiger partial charge in [-0.05, 0) is 43.3 Å². The van der Waals surface area contributed by atoms with Crippen molar-refractivity contribution in [2.24, 2.45) is 5.92 Å². The van der Waals surface area contributed by atoms with Crippen LogP contribution in [0.5, 0.6) is 0 Å². The second kappa shape index (κ2) is 9.88. The maximum atomic E-state index is 13.5. The van der Waals surface area contributed by atoms with Gasteiger partial charge in [-0.3, -0.25) is 23.7 Å². The van der Waals surface area contributed by atoms with Crippen LogP contribution in [-0.2, 0) is 31.1 Å². The third-order valence-electron chi connectivity index (χ3n) is 6.70. The van der Waals surface area contributed by atoms with Gasteiger partial charge in [0.05, 0.1) is 28.8 Å². The normalized spacial score (nSPS) is 19.6. The summed E-state index contributed by atoms with van der Waals surface area (Å²) >= 11 is 2.18. The Labute approximate surface area is 226 Å². The molecule has 1 N–H and O–H groups in total. The number of carbonyl (C=O) groups excluding carboxylic acids is 4. The number of nitrogens with zero attached hydrogens (tertiary/aromatic N) is 2. The Morgan fingerprint density at radius 2 is 1.68 bits per heavy atom. The fourth-order valence-corrected chi connectivity index (χ4v) is 7.89. The molecule has 0 spiro atoms. The minimum atomic E-state index is -0.782. The van der Waals surface area contributed by atoms with Gasteiger partial charge in [0.1, 0.15) is 11.8 Å². The maximum absolute atomic E-state index is 13.5. The molecule has 3 aromatic rings. The highest BCUT2D eigenvalue weighted by atomic mass is 32.2. The van der Waals surface area contributed by atoms with Gasteiger partial charge in [0.25, 0.3) is 0 Å². The summed E-state index contributed by atoms with van der Waals surface area (Å²) < 4.78 is 6.33. The van der Waals surface area contributed by atoms with Crippen LogP contribution in [0.1, 0.15) is 36.0 Å². The SMILES string of the molecule is CCOC(=O)c1ccc(NC(=O)Cn2c3c(sc2=O)C(C)(C)C2C(=O)N(c4ccccc4)C(=O)C2S3)cc1. The Morgan fingerprint density at radius 3 is 2.34 bits per heavy atom. The van der Waals surface area contributed by atoms with Gasteiger partial charge >= 0.3 is 10.8 Å². The molecule has 38 heavy (non-hydrogen) atoms. The fourth-order valence-electron chi connectivity index (χ4n) is 4.85. The summed E-state index contributed by atoms with van der Waals surface area (Å²) in [6.45, 7) is 5.46. The summed E-state index contributed by atoms with van der Waals surface area (Å²) in [5.74, 6) is -2.13. The molecule has 2 aromatic carbocycles. The molecular weight excluding hydrogens is 526 g/mol. The lowest BCUT2D eigenvalue weighted by Gasteiger charge is -2.36. The molecule has 2 unspecified atom stereocenters. The van der Waals surface area contributed by atoms with Gasteiger partial charge in [-0.1, -0.05) is 55.1 Å². The number of hydrogen-bond acceptors (Lipinski definition) is 8. The van der Waals surface area contributed by atoms with Crippen LogP contribution >= 0.6 is 23.1 Å². The lowest BCUT2D eigenvalue weighted by atomic mass is 9.76. The molecule has 3 heterocycles. The predicted molar refractivity (Wildman–Crippen MR) is 145 cm³/mol. The topological polar surface area (TPSA) is 115 Å². The van der Waals surface area contributed by atoms with Crippen molar-refractivity contribution in [1.29, 1.82) is 0 Å². The van der Waals surface area contributed by atoms with E-state index in [0.29, 0.717) is 26.8 Å². The van der Waals surface area contributed by atoms with Crippen LogP contribution < -0.4 is 15.1 Å². The van der Waals surface area contributed by atoms with Crippen molar-refractivity contribution in [3.05, 3.63) is 74.7 Å². The summed E-state index contributed by atoms with van der Waals surface area (Å²) in [5, 5.41) is 2.57. The summed E-state index contributed by atoms with van der Waals surface area (Å²) in [7, 11) is 0. The monoisotopic (exact) mass is 551 g/mol. The lowest BCUT2D eigenvalue weighted by molar-refractivity contribution is -0.123. The molecule has 1 fully saturated rings. The van der Waals surface area contributed by atoms with E-state index < -0.39 is 28.5 Å². The number of esters is 1. The van der Waals surface area contributed by atoms with Gasteiger partial charge in [0.15, 0.2) is 0 Å². The lowest BCUT2D eigenvalue weighted by Crippen LogP contribution is -2.41. The number of imide groups is 1. The summed E-state index contributed by atoms with van der Waals surface area (Å²) in [6.07, 6.45) is 0. The van der Waals surface area contributed by atoms with Gasteiger partial charge in [-0.25, -0.2) is 9.69 Å².